The molecule has 0 radical (unpaired) electrons. The van der Waals surface area contributed by atoms with Crippen LogP contribution in [0.3, 0.4) is 0 Å². The molecule has 3 rings (SSSR count). The Morgan fingerprint density at radius 2 is 1.78 bits per heavy atom. The van der Waals surface area contributed by atoms with E-state index in [2.05, 4.69) is 40.4 Å². The lowest BCUT2D eigenvalue weighted by Gasteiger charge is -2.31. The summed E-state index contributed by atoms with van der Waals surface area (Å²) in [7, 11) is 2.05. The number of carbonyl (C=O) groups is 1. The van der Waals surface area contributed by atoms with Gasteiger partial charge in [0.1, 0.15) is 0 Å². The minimum atomic E-state index is 0.120. The second kappa shape index (κ2) is 9.77. The first-order valence-electron chi connectivity index (χ1n) is 9.63. The van der Waals surface area contributed by atoms with Crippen LogP contribution in [0.5, 0.6) is 0 Å². The molecule has 1 aliphatic rings. The van der Waals surface area contributed by atoms with Crippen LogP contribution in [0, 0.1) is 5.92 Å². The molecule has 0 spiro atoms. The van der Waals surface area contributed by atoms with E-state index >= 15 is 0 Å². The largest absolute Gasteiger partial charge is 0.373 e. The van der Waals surface area contributed by atoms with E-state index in [1.54, 1.807) is 0 Å². The maximum absolute atomic E-state index is 12.5. The van der Waals surface area contributed by atoms with Crippen LogP contribution >= 0.6 is 11.6 Å². The third-order valence-electron chi connectivity index (χ3n) is 5.25. The lowest BCUT2D eigenvalue weighted by Crippen LogP contribution is -2.42. The molecule has 0 bridgehead atoms. The average Bonchev–Trinajstić information content (AvgIpc) is 2.71. The highest BCUT2D eigenvalue weighted by Crippen LogP contribution is 2.22. The number of amides is 1. The Bertz CT molecular complexity index is 729. The van der Waals surface area contributed by atoms with Gasteiger partial charge in [0.25, 0.3) is 0 Å². The Hall–Kier alpha value is -2.04. The fraction of sp³-hybridized carbons (Fsp3) is 0.409. The number of halogens is 1. The fourth-order valence-corrected chi connectivity index (χ4v) is 3.72. The molecule has 1 heterocycles. The van der Waals surface area contributed by atoms with Crippen molar-refractivity contribution in [2.24, 2.45) is 5.92 Å². The van der Waals surface area contributed by atoms with Gasteiger partial charge in [0.2, 0.25) is 5.91 Å². The Labute approximate surface area is 167 Å². The summed E-state index contributed by atoms with van der Waals surface area (Å²) in [6, 6.07) is 18.2. The highest BCUT2D eigenvalue weighted by molar-refractivity contribution is 6.31. The lowest BCUT2D eigenvalue weighted by molar-refractivity contribution is -0.126. The van der Waals surface area contributed by atoms with Crippen molar-refractivity contribution in [1.29, 1.82) is 0 Å². The van der Waals surface area contributed by atoms with Crippen molar-refractivity contribution in [3.63, 3.8) is 0 Å². The van der Waals surface area contributed by atoms with Crippen molar-refractivity contribution in [3.05, 3.63) is 65.2 Å². The van der Waals surface area contributed by atoms with Gasteiger partial charge in [-0.15, -0.1) is 0 Å². The molecule has 0 aliphatic carbocycles. The van der Waals surface area contributed by atoms with E-state index in [0.717, 1.165) is 49.6 Å². The summed E-state index contributed by atoms with van der Waals surface area (Å²) in [5.41, 5.74) is 2.32. The van der Waals surface area contributed by atoms with Gasteiger partial charge >= 0.3 is 0 Å². The van der Waals surface area contributed by atoms with Crippen LogP contribution in [-0.2, 0) is 11.3 Å². The molecule has 1 fully saturated rings. The highest BCUT2D eigenvalue weighted by Gasteiger charge is 2.25. The predicted octanol–water partition coefficient (Wildman–Crippen LogP) is 3.80. The molecule has 27 heavy (non-hydrogen) atoms. The Balaban J connectivity index is 1.38. The van der Waals surface area contributed by atoms with Crippen LogP contribution < -0.4 is 10.2 Å². The van der Waals surface area contributed by atoms with Crippen molar-refractivity contribution in [2.45, 2.75) is 19.4 Å². The second-order valence-electron chi connectivity index (χ2n) is 7.19. The Kier molecular flexibility index (Phi) is 7.13. The van der Waals surface area contributed by atoms with E-state index < -0.39 is 0 Å². The zero-order chi connectivity index (χ0) is 19.1. The van der Waals surface area contributed by atoms with Gasteiger partial charge in [0, 0.05) is 43.3 Å². The number of para-hydroxylation sites is 1. The quantitative estimate of drug-likeness (QED) is 0.787. The van der Waals surface area contributed by atoms with Gasteiger partial charge in [-0.1, -0.05) is 48.0 Å². The van der Waals surface area contributed by atoms with E-state index in [-0.39, 0.29) is 11.8 Å². The molecule has 2 aromatic carbocycles. The van der Waals surface area contributed by atoms with Crippen LogP contribution in [-0.4, -0.2) is 44.0 Å². The molecule has 4 nitrogen and oxygen atoms in total. The molecule has 0 saturated carbocycles. The molecule has 2 aromatic rings. The molecule has 0 aromatic heterocycles. The first-order valence-corrected chi connectivity index (χ1v) is 10.0. The van der Waals surface area contributed by atoms with Crippen molar-refractivity contribution in [1.82, 2.24) is 10.2 Å². The molecule has 1 saturated heterocycles. The monoisotopic (exact) mass is 385 g/mol. The van der Waals surface area contributed by atoms with Crippen molar-refractivity contribution >= 4 is 23.2 Å². The van der Waals surface area contributed by atoms with E-state index in [1.165, 1.54) is 5.69 Å². The van der Waals surface area contributed by atoms with E-state index in [0.29, 0.717) is 6.54 Å². The summed E-state index contributed by atoms with van der Waals surface area (Å²) in [4.78, 5) is 17.0. The maximum Gasteiger partial charge on any atom is 0.223 e. The first-order chi connectivity index (χ1) is 13.1. The molecule has 1 amide bonds. The predicted molar refractivity (Wildman–Crippen MR) is 112 cm³/mol. The summed E-state index contributed by atoms with van der Waals surface area (Å²) in [5, 5.41) is 3.93. The first kappa shape index (κ1) is 19.7. The number of anilines is 1. The lowest BCUT2D eigenvalue weighted by atomic mass is 9.95. The normalized spacial score (nSPS) is 15.5. The van der Waals surface area contributed by atoms with Crippen LogP contribution in [0.25, 0.3) is 0 Å². The number of hydrogen-bond acceptors (Lipinski definition) is 3. The minimum absolute atomic E-state index is 0.120. The van der Waals surface area contributed by atoms with Gasteiger partial charge < -0.3 is 10.2 Å². The molecule has 144 valence electrons. The van der Waals surface area contributed by atoms with Gasteiger partial charge in [-0.05, 0) is 49.7 Å². The van der Waals surface area contributed by atoms with Gasteiger partial charge in [0.05, 0.1) is 0 Å². The Morgan fingerprint density at radius 1 is 1.11 bits per heavy atom. The maximum atomic E-state index is 12.5. The van der Waals surface area contributed by atoms with Gasteiger partial charge in [-0.3, -0.25) is 9.69 Å². The summed E-state index contributed by atoms with van der Waals surface area (Å²) in [6.07, 6.45) is 1.82. The number of likely N-dealkylation sites (tertiary alicyclic amines) is 1. The zero-order valence-corrected chi connectivity index (χ0v) is 16.7. The van der Waals surface area contributed by atoms with Gasteiger partial charge in [0.15, 0.2) is 0 Å². The molecule has 1 N–H and O–H groups in total. The van der Waals surface area contributed by atoms with E-state index in [9.17, 15) is 4.79 Å². The van der Waals surface area contributed by atoms with Gasteiger partial charge in [-0.25, -0.2) is 0 Å². The molecular weight excluding hydrogens is 358 g/mol. The van der Waals surface area contributed by atoms with Crippen LogP contribution in [0.15, 0.2) is 54.6 Å². The standard InChI is InChI=1S/C22H28ClN3O/c1-25(20-8-3-2-4-9-20)16-13-24-22(27)18-11-14-26(15-12-18)17-19-7-5-6-10-21(19)23/h2-10,18H,11-17H2,1H3,(H,24,27). The van der Waals surface area contributed by atoms with Gasteiger partial charge in [-0.2, -0.15) is 0 Å². The zero-order valence-electron chi connectivity index (χ0n) is 15.9. The third kappa shape index (κ3) is 5.72. The van der Waals surface area contributed by atoms with Crippen LogP contribution in [0.4, 0.5) is 5.69 Å². The fourth-order valence-electron chi connectivity index (χ4n) is 3.52. The molecule has 1 aliphatic heterocycles. The minimum Gasteiger partial charge on any atom is -0.373 e. The number of nitrogens with zero attached hydrogens (tertiary/aromatic N) is 2. The van der Waals surface area contributed by atoms with Crippen molar-refractivity contribution in [2.75, 3.05) is 38.1 Å². The molecule has 0 atom stereocenters. The Morgan fingerprint density at radius 3 is 2.48 bits per heavy atom. The summed E-state index contributed by atoms with van der Waals surface area (Å²) in [6.45, 7) is 4.21. The van der Waals surface area contributed by atoms with Crippen LogP contribution in [0.1, 0.15) is 18.4 Å². The summed E-state index contributed by atoms with van der Waals surface area (Å²) in [5.74, 6) is 0.309. The number of piperidine rings is 1. The van der Waals surface area contributed by atoms with E-state index in [4.69, 9.17) is 11.6 Å². The van der Waals surface area contributed by atoms with Crippen molar-refractivity contribution in [3.8, 4) is 0 Å². The van der Waals surface area contributed by atoms with E-state index in [1.807, 2.05) is 36.4 Å². The molecular formula is C22H28ClN3O. The third-order valence-corrected chi connectivity index (χ3v) is 5.62. The number of likely N-dealkylation sites (N-methyl/N-ethyl adjacent to an activating group) is 1. The van der Waals surface area contributed by atoms with Crippen LogP contribution in [0.2, 0.25) is 5.02 Å². The summed E-state index contributed by atoms with van der Waals surface area (Å²) < 4.78 is 0. The topological polar surface area (TPSA) is 35.6 Å². The number of benzene rings is 2. The smallest absolute Gasteiger partial charge is 0.223 e. The summed E-state index contributed by atoms with van der Waals surface area (Å²) >= 11 is 6.25. The second-order valence-corrected chi connectivity index (χ2v) is 7.60. The van der Waals surface area contributed by atoms with Crippen molar-refractivity contribution < 1.29 is 4.79 Å². The number of rotatable bonds is 7. The molecule has 5 heteroatoms. The molecule has 0 unspecified atom stereocenters. The highest BCUT2D eigenvalue weighted by atomic mass is 35.5. The number of carbonyl (C=O) groups excluding carboxylic acids is 1. The number of hydrogen-bond donors (Lipinski definition) is 1. The SMILES string of the molecule is CN(CCNC(=O)C1CCN(Cc2ccccc2Cl)CC1)c1ccccc1. The average molecular weight is 386 g/mol. The number of nitrogens with one attached hydrogen (secondary N) is 1.